The van der Waals surface area contributed by atoms with Gasteiger partial charge < -0.3 is 14.8 Å². The van der Waals surface area contributed by atoms with E-state index >= 15 is 0 Å². The fraction of sp³-hybridized carbons (Fsp3) is 0.333. The number of fused-ring (bicyclic) bond motifs is 1. The summed E-state index contributed by atoms with van der Waals surface area (Å²) in [5, 5.41) is 21.5. The van der Waals surface area contributed by atoms with E-state index in [2.05, 4.69) is 15.5 Å². The predicted octanol–water partition coefficient (Wildman–Crippen LogP) is 4.65. The zero-order valence-corrected chi connectivity index (χ0v) is 20.2. The second kappa shape index (κ2) is 9.26. The van der Waals surface area contributed by atoms with Crippen LogP contribution < -0.4 is 10.1 Å². The molecule has 36 heavy (non-hydrogen) atoms. The number of carbonyl (C=O) groups is 1. The highest BCUT2D eigenvalue weighted by molar-refractivity contribution is 7.90. The lowest BCUT2D eigenvalue weighted by molar-refractivity contribution is -0.384. The van der Waals surface area contributed by atoms with Gasteiger partial charge in [0.2, 0.25) is 0 Å². The third-order valence-corrected chi connectivity index (χ3v) is 8.07. The summed E-state index contributed by atoms with van der Waals surface area (Å²) in [6.07, 6.45) is 0.902. The van der Waals surface area contributed by atoms with Crippen molar-refractivity contribution in [3.05, 3.63) is 75.0 Å². The van der Waals surface area contributed by atoms with Crippen molar-refractivity contribution in [2.45, 2.75) is 49.7 Å². The molecule has 2 aromatic carbocycles. The SMILES string of the molecule is Cc1c(Nc2ccc3c(c2)CS(=O)(=O)C3)n[nH]c1[C@H]1CC[C@@H](OC(=O)Oc2ccc([N+](=O)[O-])cc2)C1. The van der Waals surface area contributed by atoms with Gasteiger partial charge in [-0.3, -0.25) is 15.2 Å². The molecule has 5 rings (SSSR count). The zero-order valence-electron chi connectivity index (χ0n) is 19.4. The summed E-state index contributed by atoms with van der Waals surface area (Å²) in [7, 11) is -3.07. The van der Waals surface area contributed by atoms with E-state index in [1.165, 1.54) is 24.3 Å². The summed E-state index contributed by atoms with van der Waals surface area (Å²) in [6.45, 7) is 1.95. The molecule has 12 heteroatoms. The van der Waals surface area contributed by atoms with Crippen LogP contribution in [-0.4, -0.2) is 35.8 Å². The fourth-order valence-corrected chi connectivity index (χ4v) is 6.37. The Morgan fingerprint density at radius 1 is 1.14 bits per heavy atom. The van der Waals surface area contributed by atoms with Crippen LogP contribution in [0.5, 0.6) is 5.75 Å². The molecule has 2 N–H and O–H groups in total. The molecule has 0 spiro atoms. The first-order valence-corrected chi connectivity index (χ1v) is 13.3. The van der Waals surface area contributed by atoms with Crippen molar-refractivity contribution in [2.24, 2.45) is 0 Å². The van der Waals surface area contributed by atoms with Gasteiger partial charge in [-0.1, -0.05) is 6.07 Å². The number of aromatic nitrogens is 2. The molecule has 2 atom stereocenters. The summed E-state index contributed by atoms with van der Waals surface area (Å²) < 4.78 is 34.4. The molecule has 1 aromatic heterocycles. The Bertz CT molecular complexity index is 1430. The number of nitrogens with one attached hydrogen (secondary N) is 2. The van der Waals surface area contributed by atoms with Crippen LogP contribution in [0, 0.1) is 17.0 Å². The minimum absolute atomic E-state index is 0.0543. The Balaban J connectivity index is 1.18. The molecule has 0 unspecified atom stereocenters. The van der Waals surface area contributed by atoms with Crippen LogP contribution in [0.25, 0.3) is 0 Å². The number of anilines is 2. The van der Waals surface area contributed by atoms with E-state index in [9.17, 15) is 23.3 Å². The number of sulfone groups is 1. The maximum Gasteiger partial charge on any atom is 0.514 e. The van der Waals surface area contributed by atoms with Crippen LogP contribution in [0.4, 0.5) is 22.0 Å². The molecule has 3 aromatic rings. The third kappa shape index (κ3) is 5.03. The first kappa shape index (κ1) is 23.8. The van der Waals surface area contributed by atoms with Crippen molar-refractivity contribution in [1.29, 1.82) is 0 Å². The molecular weight excluding hydrogens is 488 g/mol. The Kier molecular flexibility index (Phi) is 6.12. The average molecular weight is 513 g/mol. The van der Waals surface area contributed by atoms with Gasteiger partial charge in [0.05, 0.1) is 16.4 Å². The first-order valence-electron chi connectivity index (χ1n) is 11.4. The minimum atomic E-state index is -3.07. The quantitative estimate of drug-likeness (QED) is 0.208. The van der Waals surface area contributed by atoms with E-state index in [0.29, 0.717) is 18.7 Å². The number of hydrogen-bond acceptors (Lipinski definition) is 9. The smallest absolute Gasteiger partial charge is 0.431 e. The zero-order chi connectivity index (χ0) is 25.4. The highest BCUT2D eigenvalue weighted by Crippen LogP contribution is 2.38. The molecule has 0 amide bonds. The minimum Gasteiger partial charge on any atom is -0.431 e. The number of non-ortho nitro benzene ring substituents is 1. The van der Waals surface area contributed by atoms with Gasteiger partial charge in [-0.15, -0.1) is 0 Å². The molecule has 1 aliphatic carbocycles. The first-order chi connectivity index (χ1) is 17.2. The third-order valence-electron chi connectivity index (χ3n) is 6.57. The topological polar surface area (TPSA) is 154 Å². The standard InChI is InChI=1S/C24H24N4O7S/c1-14-22(26-27-23(14)25-18-4-2-16-12-36(32,33)13-17(16)10-18)15-3-7-21(11-15)35-24(29)34-20-8-5-19(6-9-20)28(30)31/h2,4-6,8-10,15,21H,3,7,11-13H2,1H3,(H2,25,26,27)/t15-,21+/m0/s1. The van der Waals surface area contributed by atoms with Crippen molar-refractivity contribution in [3.63, 3.8) is 0 Å². The number of nitro groups is 1. The van der Waals surface area contributed by atoms with Gasteiger partial charge in [0.1, 0.15) is 11.9 Å². The Morgan fingerprint density at radius 3 is 2.64 bits per heavy atom. The van der Waals surface area contributed by atoms with Crippen molar-refractivity contribution >= 4 is 33.2 Å². The number of nitro benzene ring substituents is 1. The molecule has 1 aliphatic heterocycles. The monoisotopic (exact) mass is 512 g/mol. The summed E-state index contributed by atoms with van der Waals surface area (Å²) in [5.41, 5.74) is 4.23. The lowest BCUT2D eigenvalue weighted by atomic mass is 10.0. The van der Waals surface area contributed by atoms with Crippen molar-refractivity contribution in [1.82, 2.24) is 10.2 Å². The van der Waals surface area contributed by atoms with Gasteiger partial charge in [-0.05, 0) is 61.6 Å². The molecule has 1 saturated carbocycles. The van der Waals surface area contributed by atoms with Crippen LogP contribution >= 0.6 is 0 Å². The van der Waals surface area contributed by atoms with E-state index < -0.39 is 20.9 Å². The number of hydrogen-bond donors (Lipinski definition) is 2. The van der Waals surface area contributed by atoms with Crippen molar-refractivity contribution < 1.29 is 27.6 Å². The normalized spacial score (nSPS) is 20.0. The summed E-state index contributed by atoms with van der Waals surface area (Å²) in [5.74, 6) is 1.09. The number of H-pyrrole nitrogens is 1. The van der Waals surface area contributed by atoms with Crippen LogP contribution in [0.1, 0.15) is 47.6 Å². The number of carbonyl (C=O) groups excluding carboxylic acids is 1. The predicted molar refractivity (Wildman–Crippen MR) is 130 cm³/mol. The average Bonchev–Trinajstić information content (AvgIpc) is 3.50. The lowest BCUT2D eigenvalue weighted by Crippen LogP contribution is -2.18. The van der Waals surface area contributed by atoms with E-state index in [4.69, 9.17) is 9.47 Å². The maximum absolute atomic E-state index is 12.2. The highest BCUT2D eigenvalue weighted by atomic mass is 32.2. The van der Waals surface area contributed by atoms with Gasteiger partial charge in [-0.25, -0.2) is 13.2 Å². The Morgan fingerprint density at radius 2 is 1.89 bits per heavy atom. The van der Waals surface area contributed by atoms with Gasteiger partial charge >= 0.3 is 6.16 Å². The van der Waals surface area contributed by atoms with Crippen LogP contribution in [0.15, 0.2) is 42.5 Å². The fourth-order valence-electron chi connectivity index (χ4n) is 4.77. The molecule has 2 aliphatic rings. The maximum atomic E-state index is 12.2. The van der Waals surface area contributed by atoms with Gasteiger partial charge in [0.15, 0.2) is 15.7 Å². The number of rotatable bonds is 6. The Hall–Kier alpha value is -3.93. The Labute approximate surface area is 206 Å². The highest BCUT2D eigenvalue weighted by Gasteiger charge is 2.32. The van der Waals surface area contributed by atoms with Gasteiger partial charge in [-0.2, -0.15) is 5.10 Å². The second-order valence-corrected chi connectivity index (χ2v) is 11.2. The molecule has 11 nitrogen and oxygen atoms in total. The molecule has 0 saturated heterocycles. The molecule has 1 fully saturated rings. The number of benzene rings is 2. The number of ether oxygens (including phenoxy) is 2. The summed E-state index contributed by atoms with van der Waals surface area (Å²) >= 11 is 0. The largest absolute Gasteiger partial charge is 0.514 e. The number of nitrogens with zero attached hydrogens (tertiary/aromatic N) is 2. The van der Waals surface area contributed by atoms with Crippen LogP contribution in [0.2, 0.25) is 0 Å². The van der Waals surface area contributed by atoms with E-state index in [-0.39, 0.29) is 35.0 Å². The van der Waals surface area contributed by atoms with E-state index in [0.717, 1.165) is 34.5 Å². The van der Waals surface area contributed by atoms with Gasteiger partial charge in [0, 0.05) is 35.0 Å². The molecular formula is C24H24N4O7S. The van der Waals surface area contributed by atoms with Crippen LogP contribution in [0.3, 0.4) is 0 Å². The van der Waals surface area contributed by atoms with Gasteiger partial charge in [0.25, 0.3) is 5.69 Å². The second-order valence-electron chi connectivity index (χ2n) is 9.10. The molecule has 0 bridgehead atoms. The van der Waals surface area contributed by atoms with Crippen molar-refractivity contribution in [3.8, 4) is 5.75 Å². The van der Waals surface area contributed by atoms with E-state index in [1.54, 1.807) is 0 Å². The number of aromatic amines is 1. The van der Waals surface area contributed by atoms with Crippen molar-refractivity contribution in [2.75, 3.05) is 5.32 Å². The summed E-state index contributed by atoms with van der Waals surface area (Å²) in [4.78, 5) is 22.4. The summed E-state index contributed by atoms with van der Waals surface area (Å²) in [6, 6.07) is 10.7. The molecule has 2 heterocycles. The molecule has 188 valence electrons. The molecule has 0 radical (unpaired) electrons. The van der Waals surface area contributed by atoms with Crippen LogP contribution in [-0.2, 0) is 26.1 Å². The lowest BCUT2D eigenvalue weighted by Gasteiger charge is -2.13. The van der Waals surface area contributed by atoms with E-state index in [1.807, 2.05) is 25.1 Å².